The van der Waals surface area contributed by atoms with E-state index in [-0.39, 0.29) is 0 Å². The van der Waals surface area contributed by atoms with Crippen LogP contribution in [-0.4, -0.2) is 9.13 Å². The number of para-hydroxylation sites is 3. The van der Waals surface area contributed by atoms with Crippen LogP contribution in [0.2, 0.25) is 0 Å². The van der Waals surface area contributed by atoms with Gasteiger partial charge < -0.3 is 9.13 Å². The van der Waals surface area contributed by atoms with E-state index >= 15 is 0 Å². The Morgan fingerprint density at radius 1 is 0.405 bits per heavy atom. The summed E-state index contributed by atoms with van der Waals surface area (Å²) in [5.74, 6) is 0. The molecule has 2 heterocycles. The Morgan fingerprint density at radius 3 is 1.50 bits per heavy atom. The Bertz CT molecular complexity index is 2400. The van der Waals surface area contributed by atoms with Crippen molar-refractivity contribution in [3.63, 3.8) is 0 Å². The van der Waals surface area contributed by atoms with Crippen molar-refractivity contribution >= 4 is 43.6 Å². The van der Waals surface area contributed by atoms with Gasteiger partial charge in [-0.25, -0.2) is 0 Å². The minimum Gasteiger partial charge on any atom is -0.309 e. The van der Waals surface area contributed by atoms with E-state index < -0.39 is 0 Å². The zero-order chi connectivity index (χ0) is 28.2. The summed E-state index contributed by atoms with van der Waals surface area (Å²) in [5, 5.41) is 24.4. The monoisotopic (exact) mass is 534 g/mol. The van der Waals surface area contributed by atoms with Gasteiger partial charge in [0.25, 0.3) is 0 Å². The van der Waals surface area contributed by atoms with Gasteiger partial charge in [-0.1, -0.05) is 72.8 Å². The van der Waals surface area contributed by atoms with Crippen molar-refractivity contribution in [2.75, 3.05) is 0 Å². The maximum atomic E-state index is 9.84. The minimum absolute atomic E-state index is 0.490. The van der Waals surface area contributed by atoms with Crippen LogP contribution in [0, 0.1) is 22.7 Å². The van der Waals surface area contributed by atoms with Crippen molar-refractivity contribution in [1.82, 2.24) is 9.13 Å². The first-order valence-electron chi connectivity index (χ1n) is 13.8. The summed E-state index contributed by atoms with van der Waals surface area (Å²) in [6.45, 7) is 0. The fourth-order valence-electron chi connectivity index (χ4n) is 6.41. The molecule has 0 fully saturated rings. The Labute approximate surface area is 242 Å². The molecular formula is C38H22N4. The normalized spacial score (nSPS) is 11.3. The molecule has 0 radical (unpaired) electrons. The van der Waals surface area contributed by atoms with Gasteiger partial charge in [0.15, 0.2) is 0 Å². The lowest BCUT2D eigenvalue weighted by molar-refractivity contribution is 1.17. The van der Waals surface area contributed by atoms with Gasteiger partial charge in [0.05, 0.1) is 45.3 Å². The number of hydrogen-bond acceptors (Lipinski definition) is 2. The van der Waals surface area contributed by atoms with Crippen LogP contribution in [0.3, 0.4) is 0 Å². The number of nitriles is 2. The van der Waals surface area contributed by atoms with Crippen LogP contribution >= 0.6 is 0 Å². The molecule has 0 aliphatic carbocycles. The van der Waals surface area contributed by atoms with Gasteiger partial charge in [-0.3, -0.25) is 0 Å². The van der Waals surface area contributed by atoms with Gasteiger partial charge in [-0.15, -0.1) is 0 Å². The van der Waals surface area contributed by atoms with Gasteiger partial charge in [0.1, 0.15) is 0 Å². The van der Waals surface area contributed by atoms with E-state index in [0.29, 0.717) is 16.7 Å². The maximum Gasteiger partial charge on any atom is 0.0998 e. The molecule has 4 nitrogen and oxygen atoms in total. The summed E-state index contributed by atoms with van der Waals surface area (Å²) in [4.78, 5) is 0. The largest absolute Gasteiger partial charge is 0.309 e. The van der Waals surface area contributed by atoms with Gasteiger partial charge in [0, 0.05) is 38.5 Å². The molecule has 6 aromatic carbocycles. The Kier molecular flexibility index (Phi) is 5.22. The number of fused-ring (bicyclic) bond motifs is 6. The molecule has 8 aromatic rings. The number of hydrogen-bond donors (Lipinski definition) is 0. The fraction of sp³-hybridized carbons (Fsp3) is 0. The molecule has 42 heavy (non-hydrogen) atoms. The molecular weight excluding hydrogens is 512 g/mol. The third kappa shape index (κ3) is 3.40. The number of nitrogens with zero attached hydrogens (tertiary/aromatic N) is 4. The summed E-state index contributed by atoms with van der Waals surface area (Å²) >= 11 is 0. The number of benzene rings is 6. The van der Waals surface area contributed by atoms with Crippen LogP contribution in [0.4, 0.5) is 0 Å². The van der Waals surface area contributed by atoms with Crippen LogP contribution in [-0.2, 0) is 0 Å². The van der Waals surface area contributed by atoms with Crippen molar-refractivity contribution in [3.8, 4) is 34.6 Å². The first-order valence-corrected chi connectivity index (χ1v) is 13.8. The van der Waals surface area contributed by atoms with Crippen LogP contribution in [0.1, 0.15) is 11.1 Å². The van der Waals surface area contributed by atoms with E-state index in [1.807, 2.05) is 18.2 Å². The minimum atomic E-state index is 0.490. The fourth-order valence-corrected chi connectivity index (χ4v) is 6.41. The first-order chi connectivity index (χ1) is 20.8. The van der Waals surface area contributed by atoms with Gasteiger partial charge in [-0.05, 0) is 66.2 Å². The molecule has 2 aromatic heterocycles. The lowest BCUT2D eigenvalue weighted by Crippen LogP contribution is -1.96. The molecule has 194 valence electrons. The molecule has 0 amide bonds. The third-order valence-electron chi connectivity index (χ3n) is 8.18. The topological polar surface area (TPSA) is 57.4 Å². The van der Waals surface area contributed by atoms with Gasteiger partial charge in [-0.2, -0.15) is 10.5 Å². The Balaban J connectivity index is 1.47. The summed E-state index contributed by atoms with van der Waals surface area (Å²) in [5.41, 5.74) is 9.12. The molecule has 0 saturated carbocycles. The predicted octanol–water partition coefficient (Wildman–Crippen LogP) is 9.29. The van der Waals surface area contributed by atoms with E-state index in [1.165, 1.54) is 27.1 Å². The molecule has 0 N–H and O–H groups in total. The SMILES string of the molecule is N#Cc1cccc(C#N)c1-c1cccc(-n2c3ccccc3c3cc4c(cc32)c2ccccc2n4-c2ccccc2)c1. The molecule has 0 unspecified atom stereocenters. The summed E-state index contributed by atoms with van der Waals surface area (Å²) in [7, 11) is 0. The van der Waals surface area contributed by atoms with Crippen molar-refractivity contribution in [1.29, 1.82) is 10.5 Å². The van der Waals surface area contributed by atoms with Gasteiger partial charge >= 0.3 is 0 Å². The Hall–Kier alpha value is -6.10. The molecule has 0 spiro atoms. The lowest BCUT2D eigenvalue weighted by Gasteiger charge is -2.12. The maximum absolute atomic E-state index is 9.84. The lowest BCUT2D eigenvalue weighted by atomic mass is 9.95. The highest BCUT2D eigenvalue weighted by atomic mass is 15.0. The highest BCUT2D eigenvalue weighted by Crippen LogP contribution is 2.40. The summed E-state index contributed by atoms with van der Waals surface area (Å²) < 4.78 is 4.64. The van der Waals surface area contributed by atoms with E-state index in [4.69, 9.17) is 0 Å². The molecule has 8 rings (SSSR count). The van der Waals surface area contributed by atoms with Crippen LogP contribution in [0.5, 0.6) is 0 Å². The van der Waals surface area contributed by atoms with Crippen molar-refractivity contribution < 1.29 is 0 Å². The van der Waals surface area contributed by atoms with Crippen LogP contribution < -0.4 is 0 Å². The zero-order valence-electron chi connectivity index (χ0n) is 22.5. The predicted molar refractivity (Wildman–Crippen MR) is 170 cm³/mol. The molecule has 0 atom stereocenters. The summed E-state index contributed by atoms with van der Waals surface area (Å²) in [6.07, 6.45) is 0. The Morgan fingerprint density at radius 2 is 0.905 bits per heavy atom. The standard InChI is InChI=1S/C38H22N4/c39-23-26-11-8-12-27(24-40)38(26)25-10-9-15-29(20-25)42-35-19-7-5-17-31(35)33-21-36-32(22-37(33)42)30-16-4-6-18-34(30)41(36)28-13-2-1-3-14-28/h1-22H. The molecule has 0 aliphatic rings. The average Bonchev–Trinajstić information content (AvgIpc) is 3.55. The highest BCUT2D eigenvalue weighted by molar-refractivity contribution is 6.19. The van der Waals surface area contributed by atoms with Gasteiger partial charge in [0.2, 0.25) is 0 Å². The number of aromatic nitrogens is 2. The smallest absolute Gasteiger partial charge is 0.0998 e. The van der Waals surface area contributed by atoms with E-state index in [1.54, 1.807) is 18.2 Å². The second-order valence-corrected chi connectivity index (χ2v) is 10.4. The van der Waals surface area contributed by atoms with Crippen molar-refractivity contribution in [2.45, 2.75) is 0 Å². The molecule has 0 saturated heterocycles. The number of rotatable bonds is 3. The second-order valence-electron chi connectivity index (χ2n) is 10.4. The van der Waals surface area contributed by atoms with E-state index in [9.17, 15) is 10.5 Å². The highest BCUT2D eigenvalue weighted by Gasteiger charge is 2.19. The molecule has 0 aliphatic heterocycles. The third-order valence-corrected chi connectivity index (χ3v) is 8.18. The average molecular weight is 535 g/mol. The molecule has 0 bridgehead atoms. The molecule has 4 heteroatoms. The van der Waals surface area contributed by atoms with Crippen molar-refractivity contribution in [2.24, 2.45) is 0 Å². The van der Waals surface area contributed by atoms with Crippen LogP contribution in [0.15, 0.2) is 133 Å². The van der Waals surface area contributed by atoms with Crippen molar-refractivity contribution in [3.05, 3.63) is 145 Å². The van der Waals surface area contributed by atoms with E-state index in [2.05, 4.69) is 118 Å². The zero-order valence-corrected chi connectivity index (χ0v) is 22.5. The second kappa shape index (κ2) is 9.24. The summed E-state index contributed by atoms with van der Waals surface area (Å²) in [6, 6.07) is 50.2. The first kappa shape index (κ1) is 23.8. The quantitative estimate of drug-likeness (QED) is 0.227. The van der Waals surface area contributed by atoms with E-state index in [0.717, 1.165) is 33.5 Å². The van der Waals surface area contributed by atoms with Crippen LogP contribution in [0.25, 0.3) is 66.1 Å².